The van der Waals surface area contributed by atoms with Gasteiger partial charge in [0.05, 0.1) is 0 Å². The zero-order chi connectivity index (χ0) is 11.6. The minimum atomic E-state index is -1.83. The van der Waals surface area contributed by atoms with Gasteiger partial charge in [0.2, 0.25) is 11.7 Å². The van der Waals surface area contributed by atoms with E-state index in [1.54, 1.807) is 0 Å². The van der Waals surface area contributed by atoms with E-state index >= 15 is 0 Å². The van der Waals surface area contributed by atoms with Gasteiger partial charge in [0, 0.05) is 6.08 Å². The summed E-state index contributed by atoms with van der Waals surface area (Å²) in [4.78, 5) is 13.5. The van der Waals surface area contributed by atoms with Crippen molar-refractivity contribution < 1.29 is 22.7 Å². The van der Waals surface area contributed by atoms with Gasteiger partial charge in [-0.05, 0) is 0 Å². The fourth-order valence-electron chi connectivity index (χ4n) is 0.673. The predicted octanol–water partition coefficient (Wildman–Crippen LogP) is 2.24. The zero-order valence-electron chi connectivity index (χ0n) is 7.06. The number of hydrogen-bond donors (Lipinski definition) is 0. The fraction of sp³-hybridized carbons (Fsp3) is 0. The Bertz CT molecular complexity index is 436. The third-order valence-electron chi connectivity index (χ3n) is 1.32. The van der Waals surface area contributed by atoms with E-state index in [1.807, 2.05) is 0 Å². The Balaban J connectivity index is 3.20. The summed E-state index contributed by atoms with van der Waals surface area (Å²) in [5.41, 5.74) is 0. The van der Waals surface area contributed by atoms with E-state index in [0.29, 0.717) is 0 Å². The molecule has 0 aromatic carbocycles. The molecule has 1 rings (SSSR count). The van der Waals surface area contributed by atoms with Crippen molar-refractivity contribution in [3.05, 3.63) is 35.3 Å². The van der Waals surface area contributed by atoms with Crippen LogP contribution in [0.3, 0.4) is 0 Å². The summed E-state index contributed by atoms with van der Waals surface area (Å²) in [5, 5.41) is -0.913. The van der Waals surface area contributed by atoms with E-state index < -0.39 is 34.5 Å². The Kier molecular flexibility index (Phi) is 3.31. The molecule has 1 aromatic rings. The molecule has 0 amide bonds. The molecule has 0 aliphatic rings. The van der Waals surface area contributed by atoms with E-state index in [1.165, 1.54) is 0 Å². The highest BCUT2D eigenvalue weighted by Gasteiger charge is 2.21. The van der Waals surface area contributed by atoms with E-state index in [4.69, 9.17) is 11.6 Å². The lowest BCUT2D eigenvalue weighted by atomic mass is 10.4. The highest BCUT2D eigenvalue weighted by Crippen LogP contribution is 2.27. The number of esters is 1. The van der Waals surface area contributed by atoms with Crippen molar-refractivity contribution in [3.8, 4) is 5.88 Å². The van der Waals surface area contributed by atoms with Gasteiger partial charge in [-0.2, -0.15) is 13.8 Å². The van der Waals surface area contributed by atoms with Crippen LogP contribution in [-0.4, -0.2) is 11.0 Å². The predicted molar refractivity (Wildman–Crippen MR) is 45.0 cm³/mol. The molecular weight excluding hydrogens is 235 g/mol. The Morgan fingerprint density at radius 2 is 2.00 bits per heavy atom. The number of pyridine rings is 1. The molecule has 1 aromatic heterocycles. The molecule has 80 valence electrons. The first-order valence-corrected chi connectivity index (χ1v) is 3.89. The number of halogens is 4. The first kappa shape index (κ1) is 11.5. The number of nitrogens with zero attached hydrogens (tertiary/aromatic N) is 1. The van der Waals surface area contributed by atoms with Crippen LogP contribution in [0, 0.1) is 17.6 Å². The maximum Gasteiger partial charge on any atom is 0.336 e. The van der Waals surface area contributed by atoms with E-state index in [2.05, 4.69) is 16.3 Å². The summed E-state index contributed by atoms with van der Waals surface area (Å²) in [5.74, 6) is -7.12. The first-order valence-electron chi connectivity index (χ1n) is 3.51. The maximum absolute atomic E-state index is 12.8. The average Bonchev–Trinajstić information content (AvgIpc) is 2.22. The lowest BCUT2D eigenvalue weighted by molar-refractivity contribution is -0.129. The minimum Gasteiger partial charge on any atom is -0.402 e. The van der Waals surface area contributed by atoms with Crippen molar-refractivity contribution >= 4 is 17.6 Å². The highest BCUT2D eigenvalue weighted by atomic mass is 35.5. The van der Waals surface area contributed by atoms with Gasteiger partial charge in [0.25, 0.3) is 5.95 Å². The summed E-state index contributed by atoms with van der Waals surface area (Å²) < 4.78 is 42.2. The van der Waals surface area contributed by atoms with Crippen molar-refractivity contribution in [1.82, 2.24) is 4.98 Å². The van der Waals surface area contributed by atoms with Crippen molar-refractivity contribution in [2.45, 2.75) is 0 Å². The van der Waals surface area contributed by atoms with Gasteiger partial charge in [-0.15, -0.1) is 0 Å². The first-order chi connectivity index (χ1) is 6.97. The molecule has 0 spiro atoms. The van der Waals surface area contributed by atoms with Crippen LogP contribution < -0.4 is 4.74 Å². The van der Waals surface area contributed by atoms with Gasteiger partial charge in [-0.3, -0.25) is 0 Å². The van der Waals surface area contributed by atoms with Gasteiger partial charge in [-0.25, -0.2) is 9.18 Å². The van der Waals surface area contributed by atoms with Crippen molar-refractivity contribution in [2.75, 3.05) is 0 Å². The second kappa shape index (κ2) is 4.31. The molecule has 0 fully saturated rings. The number of aromatic nitrogens is 1. The second-order valence-corrected chi connectivity index (χ2v) is 2.65. The molecule has 0 atom stereocenters. The fourth-order valence-corrected chi connectivity index (χ4v) is 0.836. The summed E-state index contributed by atoms with van der Waals surface area (Å²) in [7, 11) is 0. The van der Waals surface area contributed by atoms with Crippen LogP contribution in [0.25, 0.3) is 0 Å². The molecule has 0 unspecified atom stereocenters. The van der Waals surface area contributed by atoms with E-state index in [-0.39, 0.29) is 0 Å². The molecule has 0 N–H and O–H groups in total. The van der Waals surface area contributed by atoms with E-state index in [0.717, 1.165) is 6.08 Å². The van der Waals surface area contributed by atoms with Gasteiger partial charge in [0.1, 0.15) is 5.02 Å². The quantitative estimate of drug-likeness (QED) is 0.450. The number of hydrogen-bond acceptors (Lipinski definition) is 3. The Morgan fingerprint density at radius 1 is 1.40 bits per heavy atom. The third-order valence-corrected chi connectivity index (χ3v) is 1.65. The molecule has 0 bridgehead atoms. The van der Waals surface area contributed by atoms with Crippen LogP contribution in [-0.2, 0) is 4.79 Å². The molecule has 0 aliphatic heterocycles. The normalized spacial score (nSPS) is 9.87. The molecule has 15 heavy (non-hydrogen) atoms. The molecule has 0 aliphatic carbocycles. The highest BCUT2D eigenvalue weighted by molar-refractivity contribution is 6.32. The Labute approximate surface area is 87.1 Å². The lowest BCUT2D eigenvalue weighted by Crippen LogP contribution is -2.08. The number of rotatable bonds is 2. The molecule has 7 heteroatoms. The average molecular weight is 238 g/mol. The molecule has 3 nitrogen and oxygen atoms in total. The minimum absolute atomic E-state index is 0.733. The summed E-state index contributed by atoms with van der Waals surface area (Å²) >= 11 is 5.22. The Morgan fingerprint density at radius 3 is 2.53 bits per heavy atom. The van der Waals surface area contributed by atoms with Gasteiger partial charge >= 0.3 is 5.97 Å². The zero-order valence-corrected chi connectivity index (χ0v) is 7.82. The molecular formula is C8H3ClF3NO2. The number of carbonyl (C=O) groups excluding carboxylic acids is 1. The molecule has 0 saturated heterocycles. The monoisotopic (exact) mass is 237 g/mol. The van der Waals surface area contributed by atoms with Gasteiger partial charge < -0.3 is 4.74 Å². The van der Waals surface area contributed by atoms with Crippen LogP contribution in [0.1, 0.15) is 0 Å². The van der Waals surface area contributed by atoms with Crippen molar-refractivity contribution in [1.29, 1.82) is 0 Å². The van der Waals surface area contributed by atoms with Gasteiger partial charge in [0.15, 0.2) is 5.82 Å². The van der Waals surface area contributed by atoms with Crippen LogP contribution in [0.2, 0.25) is 5.02 Å². The molecule has 0 saturated carbocycles. The third kappa shape index (κ3) is 2.27. The maximum atomic E-state index is 12.8. The summed E-state index contributed by atoms with van der Waals surface area (Å²) in [6, 6.07) is 0. The number of carbonyl (C=O) groups is 1. The summed E-state index contributed by atoms with van der Waals surface area (Å²) in [6.45, 7) is 3.04. The van der Waals surface area contributed by atoms with Crippen LogP contribution in [0.15, 0.2) is 12.7 Å². The SMILES string of the molecule is C=CC(=O)Oc1nc(F)c(F)c(F)c1Cl. The van der Waals surface area contributed by atoms with Gasteiger partial charge in [-0.1, -0.05) is 18.2 Å². The smallest absolute Gasteiger partial charge is 0.336 e. The summed E-state index contributed by atoms with van der Waals surface area (Å²) in [6.07, 6.45) is 0.733. The van der Waals surface area contributed by atoms with Crippen molar-refractivity contribution in [2.24, 2.45) is 0 Å². The topological polar surface area (TPSA) is 39.2 Å². The standard InChI is InChI=1S/C8H3ClF3NO2/c1-2-3(14)15-8-4(9)5(10)6(11)7(12)13-8/h2H,1H2. The largest absolute Gasteiger partial charge is 0.402 e. The molecule has 1 heterocycles. The molecule has 0 radical (unpaired) electrons. The second-order valence-electron chi connectivity index (χ2n) is 2.27. The van der Waals surface area contributed by atoms with E-state index in [9.17, 15) is 18.0 Å². The van der Waals surface area contributed by atoms with Crippen LogP contribution in [0.4, 0.5) is 13.2 Å². The van der Waals surface area contributed by atoms with Crippen molar-refractivity contribution in [3.63, 3.8) is 0 Å². The Hall–Kier alpha value is -1.56. The lowest BCUT2D eigenvalue weighted by Gasteiger charge is -2.04. The van der Waals surface area contributed by atoms with Crippen LogP contribution in [0.5, 0.6) is 5.88 Å². The van der Waals surface area contributed by atoms with Crippen LogP contribution >= 0.6 is 11.6 Å². The number of ether oxygens (including phenoxy) is 1.